The maximum absolute atomic E-state index is 12.4. The standard InChI is InChI=1S/C49H88O21/c1-5-6-20-31(21-19-24-33(52)32(51)22-17-15-13-11-9-7-8-10-12-14-16-18-23-34(53)46(61)62)67-48-44(39(57)35(54)26-64-48)70-49-45(40(58)36(55)27-65-49)69-47-42(60)41(59)43(66-30(4)50)37(68-47)28-63-38(56)25-29(2)3/h29,31-37,39-45,47-49,51-55,57-60H,5-28H2,1-4H3,(H,61,62)/t31-,32+,33-,34-,35-,36-,37-,39+,40+,41-,42-,43-,44-,45-,47+,48+,49+/m0/s1. The third-order valence-corrected chi connectivity index (χ3v) is 13.1. The summed E-state index contributed by atoms with van der Waals surface area (Å²) in [5.41, 5.74) is 0. The summed E-state index contributed by atoms with van der Waals surface area (Å²) in [7, 11) is 0. The SMILES string of the molecule is CCCC[C@@H](CCC[C@H](O)[C@H](O)CCCCCCCCCCCCCC[C@H](O)C(=O)O)O[C@H]1OC[C@H](O)[C@@H](O)[C@@H]1O[C@H]1OC[C@H](O)[C@@H](O)[C@@H]1O[C@H]1O[C@@H](COC(=O)CC(C)C)[C@H](OC(C)=O)[C@@H](O)[C@@H]1O. The highest BCUT2D eigenvalue weighted by atomic mass is 16.8. The highest BCUT2D eigenvalue weighted by Crippen LogP contribution is 2.33. The fourth-order valence-corrected chi connectivity index (χ4v) is 8.85. The lowest BCUT2D eigenvalue weighted by atomic mass is 9.98. The zero-order valence-corrected chi connectivity index (χ0v) is 41.8. The molecule has 0 aliphatic carbocycles. The molecule has 3 aliphatic rings. The van der Waals surface area contributed by atoms with Crippen LogP contribution in [0, 0.1) is 5.92 Å². The monoisotopic (exact) mass is 1010 g/mol. The molecule has 3 fully saturated rings. The first kappa shape index (κ1) is 62.1. The number of hydrogen-bond donors (Lipinski definition) is 10. The molecule has 3 aliphatic heterocycles. The smallest absolute Gasteiger partial charge is 0.332 e. The number of aliphatic carboxylic acids is 1. The van der Waals surface area contributed by atoms with Crippen molar-refractivity contribution in [3.05, 3.63) is 0 Å². The third kappa shape index (κ3) is 22.1. The Morgan fingerprint density at radius 3 is 1.60 bits per heavy atom. The number of aliphatic hydroxyl groups is 9. The van der Waals surface area contributed by atoms with Crippen molar-refractivity contribution in [2.75, 3.05) is 19.8 Å². The van der Waals surface area contributed by atoms with Crippen molar-refractivity contribution in [1.29, 1.82) is 0 Å². The van der Waals surface area contributed by atoms with Gasteiger partial charge in [-0.05, 0) is 44.4 Å². The van der Waals surface area contributed by atoms with Crippen LogP contribution in [-0.4, -0.2) is 193 Å². The Kier molecular flexibility index (Phi) is 29.8. The molecule has 0 saturated carbocycles. The number of ether oxygens (including phenoxy) is 8. The van der Waals surface area contributed by atoms with Crippen molar-refractivity contribution in [1.82, 2.24) is 0 Å². The summed E-state index contributed by atoms with van der Waals surface area (Å²) in [5, 5.41) is 106. The van der Waals surface area contributed by atoms with E-state index in [4.69, 9.17) is 43.0 Å². The van der Waals surface area contributed by atoms with Crippen molar-refractivity contribution < 1.29 is 103 Å². The average molecular weight is 1010 g/mol. The largest absolute Gasteiger partial charge is 0.479 e. The summed E-state index contributed by atoms with van der Waals surface area (Å²) in [6.07, 6.45) is -7.77. The van der Waals surface area contributed by atoms with E-state index in [0.29, 0.717) is 38.5 Å². The molecule has 0 aromatic heterocycles. The van der Waals surface area contributed by atoms with Crippen molar-refractivity contribution >= 4 is 17.9 Å². The predicted octanol–water partition coefficient (Wildman–Crippen LogP) is 2.26. The zero-order chi connectivity index (χ0) is 51.8. The van der Waals surface area contributed by atoms with Crippen LogP contribution in [0.15, 0.2) is 0 Å². The van der Waals surface area contributed by atoms with Gasteiger partial charge in [0.1, 0.15) is 61.5 Å². The Morgan fingerprint density at radius 1 is 0.586 bits per heavy atom. The highest BCUT2D eigenvalue weighted by molar-refractivity contribution is 5.71. The van der Waals surface area contributed by atoms with Crippen molar-refractivity contribution in [2.24, 2.45) is 5.92 Å². The van der Waals surface area contributed by atoms with Crippen molar-refractivity contribution in [3.8, 4) is 0 Å². The van der Waals surface area contributed by atoms with E-state index in [0.717, 1.165) is 96.8 Å². The first-order valence-electron chi connectivity index (χ1n) is 25.9. The van der Waals surface area contributed by atoms with Crippen molar-refractivity contribution in [2.45, 2.75) is 267 Å². The van der Waals surface area contributed by atoms with Gasteiger partial charge in [-0.25, -0.2) is 4.79 Å². The molecule has 0 bridgehead atoms. The van der Waals surface area contributed by atoms with Crippen LogP contribution in [0.25, 0.3) is 0 Å². The molecule has 0 radical (unpaired) electrons. The molecule has 0 aromatic rings. The second-order valence-corrected chi connectivity index (χ2v) is 19.7. The van der Waals surface area contributed by atoms with Crippen LogP contribution >= 0.6 is 0 Å². The first-order valence-corrected chi connectivity index (χ1v) is 25.9. The Bertz CT molecular complexity index is 1440. The second-order valence-electron chi connectivity index (χ2n) is 19.7. The van der Waals surface area contributed by atoms with Gasteiger partial charge in [-0.2, -0.15) is 0 Å². The van der Waals surface area contributed by atoms with E-state index in [2.05, 4.69) is 0 Å². The summed E-state index contributed by atoms with van der Waals surface area (Å²) in [6, 6.07) is 0. The fraction of sp³-hybridized carbons (Fsp3) is 0.939. The number of esters is 2. The molecule has 3 saturated heterocycles. The molecule has 3 rings (SSSR count). The van der Waals surface area contributed by atoms with Crippen LogP contribution in [0.4, 0.5) is 0 Å². The average Bonchev–Trinajstić information content (AvgIpc) is 3.31. The number of carboxylic acids is 1. The van der Waals surface area contributed by atoms with Crippen LogP contribution in [0.5, 0.6) is 0 Å². The fourth-order valence-electron chi connectivity index (χ4n) is 8.85. The van der Waals surface area contributed by atoms with E-state index in [1.165, 1.54) is 0 Å². The minimum Gasteiger partial charge on any atom is -0.479 e. The van der Waals surface area contributed by atoms with Gasteiger partial charge in [0, 0.05) is 13.3 Å². The lowest BCUT2D eigenvalue weighted by Gasteiger charge is -2.46. The zero-order valence-electron chi connectivity index (χ0n) is 41.8. The van der Waals surface area contributed by atoms with E-state index in [1.807, 2.05) is 6.92 Å². The van der Waals surface area contributed by atoms with Gasteiger partial charge < -0.3 is 89.0 Å². The minimum atomic E-state index is -1.91. The van der Waals surface area contributed by atoms with E-state index < -0.39 is 135 Å². The summed E-state index contributed by atoms with van der Waals surface area (Å²) in [6.45, 7) is 5.41. The predicted molar refractivity (Wildman–Crippen MR) is 248 cm³/mol. The van der Waals surface area contributed by atoms with Crippen LogP contribution in [0.3, 0.4) is 0 Å². The number of carbonyl (C=O) groups is 3. The van der Waals surface area contributed by atoms with E-state index in [9.17, 15) is 60.3 Å². The summed E-state index contributed by atoms with van der Waals surface area (Å²) in [5.74, 6) is -2.62. The number of rotatable bonds is 35. The maximum atomic E-state index is 12.4. The molecule has 21 nitrogen and oxygen atoms in total. The molecule has 410 valence electrons. The number of carbonyl (C=O) groups excluding carboxylic acids is 2. The number of aliphatic hydroxyl groups excluding tert-OH is 9. The van der Waals surface area contributed by atoms with Gasteiger partial charge in [-0.1, -0.05) is 111 Å². The third-order valence-electron chi connectivity index (χ3n) is 13.1. The van der Waals surface area contributed by atoms with Gasteiger partial charge in [-0.15, -0.1) is 0 Å². The molecule has 70 heavy (non-hydrogen) atoms. The summed E-state index contributed by atoms with van der Waals surface area (Å²) < 4.78 is 46.5. The Balaban J connectivity index is 1.52. The summed E-state index contributed by atoms with van der Waals surface area (Å²) in [4.78, 5) is 35.0. The lowest BCUT2D eigenvalue weighted by molar-refractivity contribution is -0.380. The molecular formula is C49H88O21. The molecule has 17 atom stereocenters. The van der Waals surface area contributed by atoms with Crippen molar-refractivity contribution in [3.63, 3.8) is 0 Å². The van der Waals surface area contributed by atoms with Gasteiger partial charge in [0.2, 0.25) is 0 Å². The normalized spacial score (nSPS) is 31.2. The van der Waals surface area contributed by atoms with Crippen LogP contribution in [0.1, 0.15) is 163 Å². The summed E-state index contributed by atoms with van der Waals surface area (Å²) >= 11 is 0. The second kappa shape index (κ2) is 33.6. The Labute approximate surface area is 413 Å². The molecule has 0 spiro atoms. The van der Waals surface area contributed by atoms with Gasteiger partial charge in [0.05, 0.1) is 31.5 Å². The topological polar surface area (TPSA) is 327 Å². The first-order chi connectivity index (χ1) is 33.3. The van der Waals surface area contributed by atoms with Crippen LogP contribution < -0.4 is 0 Å². The van der Waals surface area contributed by atoms with Crippen LogP contribution in [0.2, 0.25) is 0 Å². The van der Waals surface area contributed by atoms with Gasteiger partial charge in [0.25, 0.3) is 0 Å². The molecule has 21 heteroatoms. The van der Waals surface area contributed by atoms with E-state index in [-0.39, 0.29) is 18.9 Å². The minimum absolute atomic E-state index is 0.0403. The van der Waals surface area contributed by atoms with Crippen LogP contribution in [-0.2, 0) is 52.3 Å². The molecule has 0 aromatic carbocycles. The molecule has 10 N–H and O–H groups in total. The maximum Gasteiger partial charge on any atom is 0.332 e. The number of unbranched alkanes of at least 4 members (excludes halogenated alkanes) is 12. The van der Waals surface area contributed by atoms with Gasteiger partial charge >= 0.3 is 17.9 Å². The number of carboxylic acid groups (broad SMARTS) is 1. The quantitative estimate of drug-likeness (QED) is 0.0321. The Morgan fingerprint density at radius 2 is 1.07 bits per heavy atom. The molecule has 0 amide bonds. The molecule has 3 heterocycles. The van der Waals surface area contributed by atoms with Gasteiger partial charge in [-0.3, -0.25) is 9.59 Å². The van der Waals surface area contributed by atoms with Gasteiger partial charge in [0.15, 0.2) is 31.1 Å². The van der Waals surface area contributed by atoms with E-state index in [1.54, 1.807) is 13.8 Å². The highest BCUT2D eigenvalue weighted by Gasteiger charge is 2.52. The lowest BCUT2D eigenvalue weighted by Crippen LogP contribution is -2.65. The molecule has 0 unspecified atom stereocenters. The molecular weight excluding hydrogens is 925 g/mol. The Hall–Kier alpha value is -2.19. The van der Waals surface area contributed by atoms with E-state index >= 15 is 0 Å². The number of hydrogen-bond acceptors (Lipinski definition) is 20.